The van der Waals surface area contributed by atoms with Gasteiger partial charge in [0.15, 0.2) is 11.5 Å². The lowest BCUT2D eigenvalue weighted by atomic mass is 10.3. The predicted molar refractivity (Wildman–Crippen MR) is 81.6 cm³/mol. The second-order valence-electron chi connectivity index (χ2n) is 4.40. The van der Waals surface area contributed by atoms with Crippen LogP contribution in [-0.4, -0.2) is 16.6 Å². The maximum Gasteiger partial charge on any atom is 0.227 e. The molecule has 0 unspecified atom stereocenters. The number of nitrogen functional groups attached to an aromatic ring is 1. The van der Waals surface area contributed by atoms with Crippen molar-refractivity contribution in [3.05, 3.63) is 35.7 Å². The van der Waals surface area contributed by atoms with E-state index in [1.807, 2.05) is 45.0 Å². The van der Waals surface area contributed by atoms with Crippen molar-refractivity contribution in [2.75, 3.05) is 12.0 Å². The average molecular weight is 288 g/mol. The molecule has 0 spiro atoms. The minimum atomic E-state index is 0.474. The van der Waals surface area contributed by atoms with Gasteiger partial charge in [0, 0.05) is 6.42 Å². The summed E-state index contributed by atoms with van der Waals surface area (Å²) in [6, 6.07) is 7.48. The maximum atomic E-state index is 5.91. The van der Waals surface area contributed by atoms with Crippen molar-refractivity contribution in [2.45, 2.75) is 27.2 Å². The number of ether oxygens (including phenoxy) is 2. The molecule has 1 aromatic heterocycles. The van der Waals surface area contributed by atoms with Crippen LogP contribution in [0.1, 0.15) is 25.2 Å². The number of hydrogen-bond acceptors (Lipinski definition) is 6. The molecule has 0 saturated carbocycles. The number of rotatable bonds is 6. The van der Waals surface area contributed by atoms with E-state index in [0.29, 0.717) is 42.0 Å². The van der Waals surface area contributed by atoms with Gasteiger partial charge in [0.1, 0.15) is 11.6 Å². The molecule has 0 bridgehead atoms. The zero-order valence-corrected chi connectivity index (χ0v) is 12.5. The van der Waals surface area contributed by atoms with Crippen LogP contribution < -0.4 is 20.7 Å². The van der Waals surface area contributed by atoms with Crippen molar-refractivity contribution < 1.29 is 9.47 Å². The Balaban J connectivity index is 2.39. The van der Waals surface area contributed by atoms with E-state index in [4.69, 9.17) is 15.3 Å². The quantitative estimate of drug-likeness (QED) is 0.628. The molecule has 112 valence electrons. The first kappa shape index (κ1) is 15.1. The second kappa shape index (κ2) is 6.90. The summed E-state index contributed by atoms with van der Waals surface area (Å²) in [4.78, 5) is 8.72. The van der Waals surface area contributed by atoms with Crippen LogP contribution in [0.2, 0.25) is 0 Å². The number of nitrogens with zero attached hydrogens (tertiary/aromatic N) is 2. The summed E-state index contributed by atoms with van der Waals surface area (Å²) in [6.45, 7) is 6.33. The Morgan fingerprint density at radius 2 is 1.86 bits per heavy atom. The Hall–Kier alpha value is -2.34. The number of aromatic nitrogens is 2. The molecule has 0 radical (unpaired) electrons. The first-order valence-corrected chi connectivity index (χ1v) is 6.93. The van der Waals surface area contributed by atoms with Crippen LogP contribution in [-0.2, 0) is 6.42 Å². The van der Waals surface area contributed by atoms with E-state index in [2.05, 4.69) is 15.4 Å². The van der Waals surface area contributed by atoms with E-state index in [9.17, 15) is 0 Å². The minimum absolute atomic E-state index is 0.474. The van der Waals surface area contributed by atoms with Crippen molar-refractivity contribution in [3.63, 3.8) is 0 Å². The zero-order chi connectivity index (χ0) is 15.2. The van der Waals surface area contributed by atoms with E-state index in [1.165, 1.54) is 0 Å². The minimum Gasteiger partial charge on any atom is -0.490 e. The zero-order valence-electron chi connectivity index (χ0n) is 12.5. The summed E-state index contributed by atoms with van der Waals surface area (Å²) in [7, 11) is 0. The highest BCUT2D eigenvalue weighted by Gasteiger charge is 2.13. The number of hydrazine groups is 1. The largest absolute Gasteiger partial charge is 0.490 e. The number of para-hydroxylation sites is 2. The second-order valence-corrected chi connectivity index (χ2v) is 4.40. The molecule has 0 aliphatic heterocycles. The number of nitrogens with one attached hydrogen (secondary N) is 1. The van der Waals surface area contributed by atoms with Gasteiger partial charge in [0.25, 0.3) is 0 Å². The summed E-state index contributed by atoms with van der Waals surface area (Å²) in [6.07, 6.45) is 0.693. The Morgan fingerprint density at radius 1 is 1.14 bits per heavy atom. The highest BCUT2D eigenvalue weighted by atomic mass is 16.5. The molecule has 2 aromatic rings. The van der Waals surface area contributed by atoms with Gasteiger partial charge in [-0.25, -0.2) is 10.8 Å². The molecule has 0 aliphatic rings. The highest BCUT2D eigenvalue weighted by Crippen LogP contribution is 2.33. The lowest BCUT2D eigenvalue weighted by Crippen LogP contribution is -2.13. The Bertz CT molecular complexity index is 617. The average Bonchev–Trinajstić information content (AvgIpc) is 2.51. The lowest BCUT2D eigenvalue weighted by molar-refractivity contribution is 0.319. The lowest BCUT2D eigenvalue weighted by Gasteiger charge is -2.14. The Labute approximate surface area is 124 Å². The van der Waals surface area contributed by atoms with Gasteiger partial charge in [-0.05, 0) is 26.0 Å². The van der Waals surface area contributed by atoms with Crippen molar-refractivity contribution in [1.29, 1.82) is 0 Å². The van der Waals surface area contributed by atoms with E-state index >= 15 is 0 Å². The van der Waals surface area contributed by atoms with Gasteiger partial charge in [0.05, 0.1) is 12.2 Å². The summed E-state index contributed by atoms with van der Waals surface area (Å²) < 4.78 is 11.5. The third-order valence-electron chi connectivity index (χ3n) is 2.96. The molecule has 1 aromatic carbocycles. The molecule has 2 rings (SSSR count). The van der Waals surface area contributed by atoms with Gasteiger partial charge in [0.2, 0.25) is 5.88 Å². The summed E-state index contributed by atoms with van der Waals surface area (Å²) in [5, 5.41) is 0. The van der Waals surface area contributed by atoms with Crippen LogP contribution in [0.15, 0.2) is 24.3 Å². The highest BCUT2D eigenvalue weighted by molar-refractivity contribution is 5.50. The van der Waals surface area contributed by atoms with E-state index in [1.54, 1.807) is 0 Å². The van der Waals surface area contributed by atoms with Gasteiger partial charge in [-0.3, -0.25) is 0 Å². The molecule has 0 fully saturated rings. The molecule has 0 aliphatic carbocycles. The molecule has 6 heteroatoms. The van der Waals surface area contributed by atoms with E-state index in [-0.39, 0.29) is 0 Å². The van der Waals surface area contributed by atoms with Gasteiger partial charge in [-0.1, -0.05) is 19.1 Å². The summed E-state index contributed by atoms with van der Waals surface area (Å²) in [5.74, 6) is 8.49. The third kappa shape index (κ3) is 3.41. The van der Waals surface area contributed by atoms with Gasteiger partial charge >= 0.3 is 0 Å². The van der Waals surface area contributed by atoms with Crippen LogP contribution in [0.3, 0.4) is 0 Å². The molecule has 0 amide bonds. The van der Waals surface area contributed by atoms with Crippen LogP contribution in [0.5, 0.6) is 17.4 Å². The fourth-order valence-electron chi connectivity index (χ4n) is 1.85. The molecular formula is C15H20N4O2. The molecule has 0 atom stereocenters. The first-order chi connectivity index (χ1) is 10.2. The van der Waals surface area contributed by atoms with Gasteiger partial charge in [-0.2, -0.15) is 4.98 Å². The van der Waals surface area contributed by atoms with E-state index in [0.717, 1.165) is 5.56 Å². The predicted octanol–water partition coefficient (Wildman–Crippen LogP) is 2.82. The Morgan fingerprint density at radius 3 is 2.48 bits per heavy atom. The van der Waals surface area contributed by atoms with E-state index < -0.39 is 0 Å². The number of anilines is 1. The fourth-order valence-corrected chi connectivity index (χ4v) is 1.85. The van der Waals surface area contributed by atoms with Crippen molar-refractivity contribution in [2.24, 2.45) is 5.84 Å². The van der Waals surface area contributed by atoms with Crippen LogP contribution in [0.4, 0.5) is 5.82 Å². The molecule has 0 saturated heterocycles. The number of hydrogen-bond donors (Lipinski definition) is 2. The normalized spacial score (nSPS) is 10.3. The molecule has 1 heterocycles. The van der Waals surface area contributed by atoms with Crippen molar-refractivity contribution >= 4 is 5.82 Å². The monoisotopic (exact) mass is 288 g/mol. The molecule has 6 nitrogen and oxygen atoms in total. The Kier molecular flexibility index (Phi) is 4.94. The SMILES string of the molecule is CCOc1ccccc1Oc1nc(CC)nc(NN)c1C. The third-order valence-corrected chi connectivity index (χ3v) is 2.96. The van der Waals surface area contributed by atoms with Crippen LogP contribution >= 0.6 is 0 Å². The molecule has 3 N–H and O–H groups in total. The van der Waals surface area contributed by atoms with Crippen LogP contribution in [0, 0.1) is 6.92 Å². The number of aryl methyl sites for hydroxylation is 1. The topological polar surface area (TPSA) is 82.3 Å². The van der Waals surface area contributed by atoms with Gasteiger partial charge in [-0.15, -0.1) is 0 Å². The van der Waals surface area contributed by atoms with Crippen LogP contribution in [0.25, 0.3) is 0 Å². The molecule has 21 heavy (non-hydrogen) atoms. The molecular weight excluding hydrogens is 268 g/mol. The van der Waals surface area contributed by atoms with Gasteiger partial charge < -0.3 is 14.9 Å². The fraction of sp³-hybridized carbons (Fsp3) is 0.333. The van der Waals surface area contributed by atoms with Crippen molar-refractivity contribution in [3.8, 4) is 17.4 Å². The van der Waals surface area contributed by atoms with Crippen molar-refractivity contribution in [1.82, 2.24) is 9.97 Å². The smallest absolute Gasteiger partial charge is 0.227 e. The summed E-state index contributed by atoms with van der Waals surface area (Å²) >= 11 is 0. The summed E-state index contributed by atoms with van der Waals surface area (Å²) in [5.41, 5.74) is 3.32. The number of benzene rings is 1. The maximum absolute atomic E-state index is 5.91. The number of nitrogens with two attached hydrogens (primary N) is 1. The standard InChI is InChI=1S/C15H20N4O2/c1-4-13-17-14(19-16)10(3)15(18-13)21-12-9-7-6-8-11(12)20-5-2/h6-9H,4-5,16H2,1-3H3,(H,17,18,19). The first-order valence-electron chi connectivity index (χ1n) is 6.93.